The molecule has 2 nitrogen and oxygen atoms in total. The van der Waals surface area contributed by atoms with E-state index in [-0.39, 0.29) is 5.56 Å². The fourth-order valence-electron chi connectivity index (χ4n) is 1.52. The van der Waals surface area contributed by atoms with Crippen LogP contribution in [0.25, 0.3) is 0 Å². The van der Waals surface area contributed by atoms with E-state index >= 15 is 0 Å². The fraction of sp³-hybridized carbons (Fsp3) is 0.455. The number of rotatable bonds is 1. The van der Waals surface area contributed by atoms with E-state index in [0.29, 0.717) is 16.8 Å². The van der Waals surface area contributed by atoms with E-state index < -0.39 is 11.8 Å². The van der Waals surface area contributed by atoms with Crippen LogP contribution in [0.4, 0.5) is 18.9 Å². The van der Waals surface area contributed by atoms with Gasteiger partial charge in [-0.1, -0.05) is 6.07 Å². The Bertz CT molecular complexity index is 410. The summed E-state index contributed by atoms with van der Waals surface area (Å²) in [7, 11) is 0. The molecule has 1 aromatic rings. The van der Waals surface area contributed by atoms with Gasteiger partial charge in [-0.2, -0.15) is 13.2 Å². The molecule has 1 rings (SSSR count). The first-order valence-electron chi connectivity index (χ1n) is 4.74. The first kappa shape index (κ1) is 12.8. The number of benzene rings is 1. The zero-order valence-corrected chi connectivity index (χ0v) is 9.31. The van der Waals surface area contributed by atoms with Crippen LogP contribution in [0, 0.1) is 13.8 Å². The zero-order valence-electron chi connectivity index (χ0n) is 9.31. The second-order valence-corrected chi connectivity index (χ2v) is 4.02. The summed E-state index contributed by atoms with van der Waals surface area (Å²) in [6.07, 6.45) is -4.71. The molecular weight excluding hydrogens is 219 g/mol. The van der Waals surface area contributed by atoms with Crippen LogP contribution in [0.15, 0.2) is 12.1 Å². The van der Waals surface area contributed by atoms with Crippen LogP contribution >= 0.6 is 0 Å². The van der Waals surface area contributed by atoms with E-state index in [9.17, 15) is 18.3 Å². The molecule has 0 fully saturated rings. The molecule has 1 atom stereocenters. The Morgan fingerprint density at radius 3 is 2.06 bits per heavy atom. The third kappa shape index (κ3) is 1.87. The summed E-state index contributed by atoms with van der Waals surface area (Å²) in [6.45, 7) is 3.88. The van der Waals surface area contributed by atoms with Gasteiger partial charge in [0.1, 0.15) is 0 Å². The van der Waals surface area contributed by atoms with Crippen LogP contribution in [0.3, 0.4) is 0 Å². The number of nitrogen functional groups attached to an aromatic ring is 1. The monoisotopic (exact) mass is 233 g/mol. The predicted octanol–water partition coefficient (Wildman–Crippen LogP) is 2.66. The maximum absolute atomic E-state index is 12.7. The van der Waals surface area contributed by atoms with Crippen LogP contribution < -0.4 is 5.73 Å². The maximum Gasteiger partial charge on any atom is 0.421 e. The molecule has 0 heterocycles. The molecule has 5 heteroatoms. The highest BCUT2D eigenvalue weighted by atomic mass is 19.4. The van der Waals surface area contributed by atoms with Crippen LogP contribution in [0.2, 0.25) is 0 Å². The van der Waals surface area contributed by atoms with E-state index in [1.807, 2.05) is 0 Å². The lowest BCUT2D eigenvalue weighted by molar-refractivity contribution is -0.259. The van der Waals surface area contributed by atoms with Crippen molar-refractivity contribution >= 4 is 5.69 Å². The van der Waals surface area contributed by atoms with Gasteiger partial charge in [0.15, 0.2) is 5.60 Å². The summed E-state index contributed by atoms with van der Waals surface area (Å²) in [5.41, 5.74) is 3.90. The molecule has 0 aliphatic rings. The second-order valence-electron chi connectivity index (χ2n) is 4.02. The van der Waals surface area contributed by atoms with Gasteiger partial charge in [0.05, 0.1) is 0 Å². The van der Waals surface area contributed by atoms with Gasteiger partial charge in [0.25, 0.3) is 0 Å². The largest absolute Gasteiger partial charge is 0.421 e. The fourth-order valence-corrected chi connectivity index (χ4v) is 1.52. The smallest absolute Gasteiger partial charge is 0.399 e. The minimum Gasteiger partial charge on any atom is -0.399 e. The quantitative estimate of drug-likeness (QED) is 0.732. The van der Waals surface area contributed by atoms with Gasteiger partial charge in [-0.15, -0.1) is 0 Å². The highest BCUT2D eigenvalue weighted by Crippen LogP contribution is 2.40. The van der Waals surface area contributed by atoms with Gasteiger partial charge in [0, 0.05) is 5.69 Å². The minimum absolute atomic E-state index is 0.160. The number of nitrogens with two attached hydrogens (primary N) is 1. The van der Waals surface area contributed by atoms with Crippen molar-refractivity contribution in [3.63, 3.8) is 0 Å². The van der Waals surface area contributed by atoms with Crippen molar-refractivity contribution in [2.45, 2.75) is 32.5 Å². The standard InChI is InChI=1S/C11H14F3NO/c1-6-7(2)9(15)5-4-8(6)10(3,16)11(12,13)14/h4-5,16H,15H2,1-3H3. The van der Waals surface area contributed by atoms with Crippen molar-refractivity contribution < 1.29 is 18.3 Å². The van der Waals surface area contributed by atoms with Crippen molar-refractivity contribution in [2.24, 2.45) is 0 Å². The van der Waals surface area contributed by atoms with Crippen LogP contribution in [-0.2, 0) is 5.60 Å². The highest BCUT2D eigenvalue weighted by Gasteiger charge is 2.51. The molecule has 16 heavy (non-hydrogen) atoms. The molecule has 0 aliphatic carbocycles. The number of aliphatic hydroxyl groups is 1. The normalized spacial score (nSPS) is 15.9. The van der Waals surface area contributed by atoms with Crippen molar-refractivity contribution in [3.05, 3.63) is 28.8 Å². The third-order valence-corrected chi connectivity index (χ3v) is 2.91. The maximum atomic E-state index is 12.7. The molecule has 0 spiro atoms. The van der Waals surface area contributed by atoms with Crippen molar-refractivity contribution in [3.8, 4) is 0 Å². The number of halogens is 3. The van der Waals surface area contributed by atoms with E-state index in [1.54, 1.807) is 6.92 Å². The van der Waals surface area contributed by atoms with Gasteiger partial charge in [0.2, 0.25) is 0 Å². The number of alkyl halides is 3. The Kier molecular flexibility index (Phi) is 2.94. The van der Waals surface area contributed by atoms with Gasteiger partial charge in [-0.05, 0) is 43.5 Å². The summed E-state index contributed by atoms with van der Waals surface area (Å²) < 4.78 is 38.0. The van der Waals surface area contributed by atoms with Gasteiger partial charge >= 0.3 is 6.18 Å². The van der Waals surface area contributed by atoms with Crippen molar-refractivity contribution in [1.29, 1.82) is 0 Å². The number of hydrogen-bond donors (Lipinski definition) is 2. The van der Waals surface area contributed by atoms with Crippen molar-refractivity contribution in [2.75, 3.05) is 5.73 Å². The third-order valence-electron chi connectivity index (χ3n) is 2.91. The number of anilines is 1. The summed E-state index contributed by atoms with van der Waals surface area (Å²) in [5.74, 6) is 0. The molecule has 3 N–H and O–H groups in total. The van der Waals surface area contributed by atoms with E-state index in [1.165, 1.54) is 19.1 Å². The van der Waals surface area contributed by atoms with E-state index in [4.69, 9.17) is 5.73 Å². The molecule has 0 aromatic heterocycles. The average molecular weight is 233 g/mol. The highest BCUT2D eigenvalue weighted by molar-refractivity contribution is 5.54. The SMILES string of the molecule is Cc1c(N)ccc(C(C)(O)C(F)(F)F)c1C. The summed E-state index contributed by atoms with van der Waals surface area (Å²) in [4.78, 5) is 0. The van der Waals surface area contributed by atoms with E-state index in [0.717, 1.165) is 6.92 Å². The Balaban J connectivity index is 3.41. The number of hydrogen-bond acceptors (Lipinski definition) is 2. The molecule has 0 saturated heterocycles. The molecule has 0 amide bonds. The Labute approximate surface area is 91.9 Å². The lowest BCUT2D eigenvalue weighted by Crippen LogP contribution is -2.40. The molecule has 0 aliphatic heterocycles. The summed E-state index contributed by atoms with van der Waals surface area (Å²) in [5, 5.41) is 9.55. The van der Waals surface area contributed by atoms with Crippen LogP contribution in [0.5, 0.6) is 0 Å². The van der Waals surface area contributed by atoms with Gasteiger partial charge < -0.3 is 10.8 Å². The molecule has 0 saturated carbocycles. The molecule has 1 aromatic carbocycles. The topological polar surface area (TPSA) is 46.2 Å². The van der Waals surface area contributed by atoms with Crippen LogP contribution in [-0.4, -0.2) is 11.3 Å². The molecular formula is C11H14F3NO. The summed E-state index contributed by atoms with van der Waals surface area (Å²) >= 11 is 0. The molecule has 1 unspecified atom stereocenters. The minimum atomic E-state index is -4.71. The van der Waals surface area contributed by atoms with Crippen LogP contribution in [0.1, 0.15) is 23.6 Å². The zero-order chi connectivity index (χ0) is 12.7. The molecule has 0 bridgehead atoms. The second kappa shape index (κ2) is 3.66. The van der Waals surface area contributed by atoms with Gasteiger partial charge in [-0.3, -0.25) is 0 Å². The average Bonchev–Trinajstić information content (AvgIpc) is 2.12. The predicted molar refractivity (Wildman–Crippen MR) is 56.0 cm³/mol. The van der Waals surface area contributed by atoms with E-state index in [2.05, 4.69) is 0 Å². The first-order chi connectivity index (χ1) is 7.09. The lowest BCUT2D eigenvalue weighted by Gasteiger charge is -2.29. The van der Waals surface area contributed by atoms with Gasteiger partial charge in [-0.25, -0.2) is 0 Å². The molecule has 90 valence electrons. The summed E-state index contributed by atoms with van der Waals surface area (Å²) in [6, 6.07) is 2.59. The molecule has 0 radical (unpaired) electrons. The Hall–Kier alpha value is -1.23. The first-order valence-corrected chi connectivity index (χ1v) is 4.74. The Morgan fingerprint density at radius 2 is 1.62 bits per heavy atom. The van der Waals surface area contributed by atoms with Crippen molar-refractivity contribution in [1.82, 2.24) is 0 Å². The Morgan fingerprint density at radius 1 is 1.12 bits per heavy atom. The lowest BCUT2D eigenvalue weighted by atomic mass is 9.88.